The van der Waals surface area contributed by atoms with Crippen LogP contribution in [0.3, 0.4) is 0 Å². The largest absolute Gasteiger partial charge is 0.304 e. The van der Waals surface area contributed by atoms with Gasteiger partial charge in [0.15, 0.2) is 0 Å². The van der Waals surface area contributed by atoms with Crippen LogP contribution >= 0.6 is 0 Å². The third-order valence-electron chi connectivity index (χ3n) is 2.44. The second-order valence-electron chi connectivity index (χ2n) is 3.78. The Labute approximate surface area is 121 Å². The lowest BCUT2D eigenvalue weighted by atomic mass is 9.93. The van der Waals surface area contributed by atoms with Crippen molar-refractivity contribution in [3.8, 4) is 0 Å². The van der Waals surface area contributed by atoms with Gasteiger partial charge in [-0.2, -0.15) is 0 Å². The molecule has 0 aromatic heterocycles. The molecule has 0 radical (unpaired) electrons. The fourth-order valence-corrected chi connectivity index (χ4v) is 1.73. The highest BCUT2D eigenvalue weighted by molar-refractivity contribution is 5.44. The molecule has 1 unspecified atom stereocenters. The molecule has 0 aliphatic rings. The minimum absolute atomic E-state index is 0.719. The molecule has 1 aromatic carbocycles. The van der Waals surface area contributed by atoms with Crippen LogP contribution in [0.4, 0.5) is 0 Å². The quantitative estimate of drug-likeness (QED) is 0.599. The highest BCUT2D eigenvalue weighted by Crippen LogP contribution is 2.22. The first-order chi connectivity index (χ1) is 9.17. The molecule has 0 saturated heterocycles. The van der Waals surface area contributed by atoms with E-state index in [1.807, 2.05) is 27.7 Å². The zero-order valence-electron chi connectivity index (χ0n) is 14.3. The van der Waals surface area contributed by atoms with E-state index in [1.54, 1.807) is 0 Å². The molecule has 0 fully saturated rings. The first-order valence-corrected chi connectivity index (χ1v) is 7.62. The van der Waals surface area contributed by atoms with Crippen molar-refractivity contribution in [3.63, 3.8) is 0 Å². The summed E-state index contributed by atoms with van der Waals surface area (Å²) >= 11 is 0. The molecule has 1 heteroatoms. The zero-order chi connectivity index (χ0) is 15.7. The van der Waals surface area contributed by atoms with Crippen molar-refractivity contribution in [2.45, 2.75) is 74.1 Å². The van der Waals surface area contributed by atoms with Gasteiger partial charge < -0.3 is 4.79 Å². The number of aryl methyl sites for hydroxylation is 1. The van der Waals surface area contributed by atoms with E-state index < -0.39 is 0 Å². The van der Waals surface area contributed by atoms with Crippen molar-refractivity contribution in [2.75, 3.05) is 0 Å². The van der Waals surface area contributed by atoms with Gasteiger partial charge in [0, 0.05) is 0 Å². The molecule has 1 aromatic rings. The van der Waals surface area contributed by atoms with Crippen LogP contribution in [-0.4, -0.2) is 6.29 Å². The number of benzene rings is 1. The molecule has 0 spiro atoms. The summed E-state index contributed by atoms with van der Waals surface area (Å²) in [5, 5.41) is 0. The number of hydrogen-bond donors (Lipinski definition) is 0. The average Bonchev–Trinajstić information content (AvgIpc) is 2.45. The summed E-state index contributed by atoms with van der Waals surface area (Å²) in [6.07, 6.45) is 3.32. The first kappa shape index (κ1) is 23.0. The predicted molar refractivity (Wildman–Crippen MR) is 88.9 cm³/mol. The van der Waals surface area contributed by atoms with Gasteiger partial charge >= 0.3 is 0 Å². The maximum absolute atomic E-state index is 8.81. The van der Waals surface area contributed by atoms with Gasteiger partial charge in [-0.15, -0.1) is 0 Å². The van der Waals surface area contributed by atoms with Crippen LogP contribution in [0, 0.1) is 6.92 Å². The normalized spacial score (nSPS) is 9.47. The fourth-order valence-electron chi connectivity index (χ4n) is 1.73. The van der Waals surface area contributed by atoms with Gasteiger partial charge in [0.2, 0.25) is 0 Å². The number of aldehydes is 1. The Balaban J connectivity index is -0.000000313. The first-order valence-electron chi connectivity index (χ1n) is 7.62. The number of carbonyl (C=O) groups excluding carboxylic acids is 1. The molecule has 0 bridgehead atoms. The van der Waals surface area contributed by atoms with Gasteiger partial charge in [0.05, 0.1) is 0 Å². The highest BCUT2D eigenvalue weighted by atomic mass is 16.1. The summed E-state index contributed by atoms with van der Waals surface area (Å²) in [4.78, 5) is 8.81. The van der Waals surface area contributed by atoms with Gasteiger partial charge in [-0.05, 0) is 37.3 Å². The van der Waals surface area contributed by atoms with Gasteiger partial charge in [-0.25, -0.2) is 0 Å². The zero-order valence-corrected chi connectivity index (χ0v) is 14.3. The van der Waals surface area contributed by atoms with E-state index in [1.165, 1.54) is 30.9 Å². The SMILES string of the molecule is CC.CC.CC=O.CCCC(C)c1ccccc1C. The molecule has 112 valence electrons. The summed E-state index contributed by atoms with van der Waals surface area (Å²) in [6.45, 7) is 16.2. The maximum Gasteiger partial charge on any atom is 0.116 e. The Kier molecular flexibility index (Phi) is 23.3. The lowest BCUT2D eigenvalue weighted by Gasteiger charge is -2.12. The van der Waals surface area contributed by atoms with Crippen LogP contribution in [0.5, 0.6) is 0 Å². The van der Waals surface area contributed by atoms with Gasteiger partial charge in [-0.1, -0.05) is 72.2 Å². The molecule has 0 saturated carbocycles. The van der Waals surface area contributed by atoms with Crippen LogP contribution in [0.1, 0.15) is 78.4 Å². The van der Waals surface area contributed by atoms with E-state index in [4.69, 9.17) is 4.79 Å². The van der Waals surface area contributed by atoms with E-state index in [0.29, 0.717) is 0 Å². The van der Waals surface area contributed by atoms with E-state index in [9.17, 15) is 0 Å². The summed E-state index contributed by atoms with van der Waals surface area (Å²) in [6, 6.07) is 8.68. The summed E-state index contributed by atoms with van der Waals surface area (Å²) < 4.78 is 0. The Morgan fingerprint density at radius 2 is 1.53 bits per heavy atom. The Morgan fingerprint density at radius 1 is 1.11 bits per heavy atom. The number of rotatable bonds is 3. The molecule has 1 nitrogen and oxygen atoms in total. The molecule has 0 amide bonds. The predicted octanol–water partition coefficient (Wildman–Crippen LogP) is 6.16. The summed E-state index contributed by atoms with van der Waals surface area (Å²) in [5.74, 6) is 0.719. The van der Waals surface area contributed by atoms with Crippen molar-refractivity contribution in [2.24, 2.45) is 0 Å². The Bertz CT molecular complexity index is 279. The Hall–Kier alpha value is -1.11. The lowest BCUT2D eigenvalue weighted by Crippen LogP contribution is -1.95. The average molecular weight is 266 g/mol. The van der Waals surface area contributed by atoms with Gasteiger partial charge in [0.1, 0.15) is 6.29 Å². The molecule has 1 atom stereocenters. The van der Waals surface area contributed by atoms with Crippen LogP contribution in [0.15, 0.2) is 24.3 Å². The third kappa shape index (κ3) is 13.1. The van der Waals surface area contributed by atoms with E-state index >= 15 is 0 Å². The van der Waals surface area contributed by atoms with Crippen molar-refractivity contribution < 1.29 is 4.79 Å². The molecule has 1 rings (SSSR count). The maximum atomic E-state index is 8.81. The number of hydrogen-bond acceptors (Lipinski definition) is 1. The molecule has 0 heterocycles. The monoisotopic (exact) mass is 266 g/mol. The Morgan fingerprint density at radius 3 is 1.89 bits per heavy atom. The van der Waals surface area contributed by atoms with Crippen LogP contribution < -0.4 is 0 Å². The van der Waals surface area contributed by atoms with Crippen molar-refractivity contribution in [3.05, 3.63) is 35.4 Å². The molecule has 0 aliphatic heterocycles. The summed E-state index contributed by atoms with van der Waals surface area (Å²) in [7, 11) is 0. The minimum atomic E-state index is 0.719. The second kappa shape index (κ2) is 19.2. The van der Waals surface area contributed by atoms with E-state index in [2.05, 4.69) is 45.0 Å². The molecule has 0 aliphatic carbocycles. The highest BCUT2D eigenvalue weighted by Gasteiger charge is 2.05. The van der Waals surface area contributed by atoms with Crippen molar-refractivity contribution in [1.82, 2.24) is 0 Å². The van der Waals surface area contributed by atoms with Crippen molar-refractivity contribution in [1.29, 1.82) is 0 Å². The topological polar surface area (TPSA) is 17.1 Å². The van der Waals surface area contributed by atoms with Crippen molar-refractivity contribution >= 4 is 6.29 Å². The minimum Gasteiger partial charge on any atom is -0.304 e. The molecular weight excluding hydrogens is 232 g/mol. The second-order valence-corrected chi connectivity index (χ2v) is 3.78. The van der Waals surface area contributed by atoms with Crippen LogP contribution in [0.2, 0.25) is 0 Å². The molecule has 19 heavy (non-hydrogen) atoms. The third-order valence-corrected chi connectivity index (χ3v) is 2.44. The number of carbonyl (C=O) groups is 1. The summed E-state index contributed by atoms with van der Waals surface area (Å²) in [5.41, 5.74) is 2.94. The molecule has 0 N–H and O–H groups in total. The van der Waals surface area contributed by atoms with Crippen LogP contribution in [-0.2, 0) is 4.79 Å². The molecular formula is C18H34O. The standard InChI is InChI=1S/C12H18.C2H4O.2C2H6/c1-4-7-10(2)12-9-6-5-8-11(12)3;1-2-3;2*1-2/h5-6,8-10H,4,7H2,1-3H3;2H,1H3;2*1-2H3. The fraction of sp³-hybridized carbons (Fsp3) is 0.611. The van der Waals surface area contributed by atoms with Gasteiger partial charge in [-0.3, -0.25) is 0 Å². The smallest absolute Gasteiger partial charge is 0.116 e. The van der Waals surface area contributed by atoms with E-state index in [0.717, 1.165) is 12.2 Å². The van der Waals surface area contributed by atoms with Gasteiger partial charge in [0.25, 0.3) is 0 Å². The van der Waals surface area contributed by atoms with Crippen LogP contribution in [0.25, 0.3) is 0 Å². The van der Waals surface area contributed by atoms with E-state index in [-0.39, 0.29) is 0 Å². The lowest BCUT2D eigenvalue weighted by molar-refractivity contribution is -0.106.